The van der Waals surface area contributed by atoms with Crippen LogP contribution in [0.4, 0.5) is 0 Å². The number of carbonyl (C=O) groups excluding carboxylic acids is 1. The van der Waals surface area contributed by atoms with Gasteiger partial charge in [-0.3, -0.25) is 4.79 Å². The van der Waals surface area contributed by atoms with Crippen molar-refractivity contribution in [2.24, 2.45) is 5.92 Å². The molecule has 0 spiro atoms. The number of aldehydes is 1. The second-order valence-electron chi connectivity index (χ2n) is 4.17. The molecule has 1 aromatic carbocycles. The van der Waals surface area contributed by atoms with E-state index in [0.717, 1.165) is 30.6 Å². The van der Waals surface area contributed by atoms with Crippen LogP contribution >= 0.6 is 0 Å². The predicted octanol–water partition coefficient (Wildman–Crippen LogP) is 3.23. The Labute approximate surface area is 91.3 Å². The second kappa shape index (κ2) is 5.54. The maximum Gasteiger partial charge on any atom is 0.150 e. The van der Waals surface area contributed by atoms with Crippen LogP contribution in [0, 0.1) is 12.8 Å². The summed E-state index contributed by atoms with van der Waals surface area (Å²) in [6, 6.07) is 5.49. The minimum Gasteiger partial charge on any atom is -0.493 e. The van der Waals surface area contributed by atoms with Crippen molar-refractivity contribution in [3.8, 4) is 5.75 Å². The normalized spacial score (nSPS) is 10.4. The van der Waals surface area contributed by atoms with E-state index < -0.39 is 0 Å². The third-order valence-electron chi connectivity index (χ3n) is 2.29. The second-order valence-corrected chi connectivity index (χ2v) is 4.17. The molecule has 15 heavy (non-hydrogen) atoms. The monoisotopic (exact) mass is 206 g/mol. The first-order valence-electron chi connectivity index (χ1n) is 5.32. The van der Waals surface area contributed by atoms with E-state index >= 15 is 0 Å². The summed E-state index contributed by atoms with van der Waals surface area (Å²) in [7, 11) is 0. The number of ether oxygens (including phenoxy) is 1. The number of rotatable bonds is 5. The third-order valence-corrected chi connectivity index (χ3v) is 2.29. The first-order valence-corrected chi connectivity index (χ1v) is 5.32. The van der Waals surface area contributed by atoms with E-state index in [1.165, 1.54) is 0 Å². The van der Waals surface area contributed by atoms with Gasteiger partial charge in [-0.1, -0.05) is 13.8 Å². The molecule has 0 bridgehead atoms. The standard InChI is InChI=1S/C13H18O2/c1-10(2)6-7-15-13-5-4-12(9-14)8-11(13)3/h4-5,8-10H,6-7H2,1-3H3. The quantitative estimate of drug-likeness (QED) is 0.691. The van der Waals surface area contributed by atoms with Gasteiger partial charge >= 0.3 is 0 Å². The first-order chi connectivity index (χ1) is 7.13. The molecule has 0 aliphatic heterocycles. The lowest BCUT2D eigenvalue weighted by molar-refractivity contribution is 0.112. The molecular formula is C13H18O2. The fourth-order valence-corrected chi connectivity index (χ4v) is 1.31. The number of benzene rings is 1. The molecular weight excluding hydrogens is 188 g/mol. The van der Waals surface area contributed by atoms with E-state index in [9.17, 15) is 4.79 Å². The van der Waals surface area contributed by atoms with E-state index in [1.807, 2.05) is 19.1 Å². The maximum absolute atomic E-state index is 10.5. The molecule has 0 saturated carbocycles. The van der Waals surface area contributed by atoms with Crippen molar-refractivity contribution in [3.05, 3.63) is 29.3 Å². The van der Waals surface area contributed by atoms with Crippen LogP contribution in [0.3, 0.4) is 0 Å². The lowest BCUT2D eigenvalue weighted by Gasteiger charge is -2.10. The zero-order valence-electron chi connectivity index (χ0n) is 9.62. The summed E-state index contributed by atoms with van der Waals surface area (Å²) in [6.45, 7) is 7.04. The van der Waals surface area contributed by atoms with Crippen LogP contribution in [0.5, 0.6) is 5.75 Å². The van der Waals surface area contributed by atoms with Gasteiger partial charge in [0.15, 0.2) is 0 Å². The van der Waals surface area contributed by atoms with Crippen LogP contribution < -0.4 is 4.74 Å². The largest absolute Gasteiger partial charge is 0.493 e. The molecule has 82 valence electrons. The Morgan fingerprint density at radius 1 is 1.40 bits per heavy atom. The van der Waals surface area contributed by atoms with Gasteiger partial charge in [-0.2, -0.15) is 0 Å². The Hall–Kier alpha value is -1.31. The summed E-state index contributed by atoms with van der Waals surface area (Å²) in [6.07, 6.45) is 1.90. The van der Waals surface area contributed by atoms with E-state index in [4.69, 9.17) is 4.74 Å². The van der Waals surface area contributed by atoms with E-state index in [0.29, 0.717) is 11.5 Å². The van der Waals surface area contributed by atoms with Crippen molar-refractivity contribution in [2.45, 2.75) is 27.2 Å². The van der Waals surface area contributed by atoms with Crippen molar-refractivity contribution in [2.75, 3.05) is 6.61 Å². The molecule has 0 aliphatic rings. The minimum absolute atomic E-state index is 0.652. The molecule has 0 aromatic heterocycles. The smallest absolute Gasteiger partial charge is 0.150 e. The van der Waals surface area contributed by atoms with Gasteiger partial charge in [0.1, 0.15) is 12.0 Å². The van der Waals surface area contributed by atoms with Crippen LogP contribution in [0.2, 0.25) is 0 Å². The molecule has 1 aromatic rings. The summed E-state index contributed by atoms with van der Waals surface area (Å²) >= 11 is 0. The molecule has 0 atom stereocenters. The molecule has 0 unspecified atom stereocenters. The van der Waals surface area contributed by atoms with E-state index in [1.54, 1.807) is 6.07 Å². The fourth-order valence-electron chi connectivity index (χ4n) is 1.31. The highest BCUT2D eigenvalue weighted by Gasteiger charge is 2.01. The lowest BCUT2D eigenvalue weighted by atomic mass is 10.1. The molecule has 0 heterocycles. The number of hydrogen-bond donors (Lipinski definition) is 0. The summed E-state index contributed by atoms with van der Waals surface area (Å²) in [4.78, 5) is 10.5. The van der Waals surface area contributed by atoms with Gasteiger partial charge in [0.05, 0.1) is 6.61 Å². The van der Waals surface area contributed by atoms with E-state index in [-0.39, 0.29) is 0 Å². The lowest BCUT2D eigenvalue weighted by Crippen LogP contribution is -2.02. The average molecular weight is 206 g/mol. The molecule has 0 saturated heterocycles. The Morgan fingerprint density at radius 2 is 2.13 bits per heavy atom. The highest BCUT2D eigenvalue weighted by Crippen LogP contribution is 2.18. The zero-order chi connectivity index (χ0) is 11.3. The molecule has 2 nitrogen and oxygen atoms in total. The van der Waals surface area contributed by atoms with Crippen LogP contribution in [0.15, 0.2) is 18.2 Å². The molecule has 0 amide bonds. The molecule has 0 N–H and O–H groups in total. The van der Waals surface area contributed by atoms with Gasteiger partial charge in [-0.05, 0) is 43.0 Å². The topological polar surface area (TPSA) is 26.3 Å². The van der Waals surface area contributed by atoms with Gasteiger partial charge in [0.2, 0.25) is 0 Å². The summed E-state index contributed by atoms with van der Waals surface area (Å²) < 4.78 is 5.63. The Bertz CT molecular complexity index is 329. The molecule has 0 radical (unpaired) electrons. The zero-order valence-corrected chi connectivity index (χ0v) is 9.62. The summed E-state index contributed by atoms with van der Waals surface area (Å²) in [5.74, 6) is 1.53. The SMILES string of the molecule is Cc1cc(C=O)ccc1OCCC(C)C. The van der Waals surface area contributed by atoms with Crippen molar-refractivity contribution in [1.82, 2.24) is 0 Å². The predicted molar refractivity (Wildman–Crippen MR) is 61.5 cm³/mol. The number of hydrogen-bond acceptors (Lipinski definition) is 2. The van der Waals surface area contributed by atoms with Crippen LogP contribution in [0.1, 0.15) is 36.2 Å². The van der Waals surface area contributed by atoms with Gasteiger partial charge < -0.3 is 4.74 Å². The van der Waals surface area contributed by atoms with Gasteiger partial charge in [-0.25, -0.2) is 0 Å². The highest BCUT2D eigenvalue weighted by atomic mass is 16.5. The summed E-state index contributed by atoms with van der Waals surface area (Å²) in [5.41, 5.74) is 1.71. The van der Waals surface area contributed by atoms with Crippen molar-refractivity contribution in [3.63, 3.8) is 0 Å². The molecule has 1 rings (SSSR count). The third kappa shape index (κ3) is 3.74. The first kappa shape index (κ1) is 11.8. The molecule has 0 aliphatic carbocycles. The van der Waals surface area contributed by atoms with Gasteiger partial charge in [0, 0.05) is 5.56 Å². The van der Waals surface area contributed by atoms with Gasteiger partial charge in [0.25, 0.3) is 0 Å². The highest BCUT2D eigenvalue weighted by molar-refractivity contribution is 5.75. The van der Waals surface area contributed by atoms with Crippen molar-refractivity contribution in [1.29, 1.82) is 0 Å². The maximum atomic E-state index is 10.5. The van der Waals surface area contributed by atoms with E-state index in [2.05, 4.69) is 13.8 Å². The number of carbonyl (C=O) groups is 1. The van der Waals surface area contributed by atoms with Crippen molar-refractivity contribution < 1.29 is 9.53 Å². The molecule has 0 fully saturated rings. The number of aryl methyl sites for hydroxylation is 1. The van der Waals surface area contributed by atoms with Gasteiger partial charge in [-0.15, -0.1) is 0 Å². The summed E-state index contributed by atoms with van der Waals surface area (Å²) in [5, 5.41) is 0. The van der Waals surface area contributed by atoms with Crippen molar-refractivity contribution >= 4 is 6.29 Å². The Kier molecular flexibility index (Phi) is 4.35. The van der Waals surface area contributed by atoms with Crippen LogP contribution in [-0.4, -0.2) is 12.9 Å². The fraction of sp³-hybridized carbons (Fsp3) is 0.462. The Balaban J connectivity index is 2.58. The van der Waals surface area contributed by atoms with Crippen LogP contribution in [-0.2, 0) is 0 Å². The Morgan fingerprint density at radius 3 is 2.67 bits per heavy atom. The van der Waals surface area contributed by atoms with Crippen LogP contribution in [0.25, 0.3) is 0 Å². The minimum atomic E-state index is 0.652. The molecule has 2 heteroatoms. The average Bonchev–Trinajstić information content (AvgIpc) is 2.20.